The number of allylic oxidation sites excluding steroid dienone is 1. The lowest BCUT2D eigenvalue weighted by Crippen LogP contribution is -2.39. The van der Waals surface area contributed by atoms with Gasteiger partial charge in [-0.3, -0.25) is 19.1 Å². The van der Waals surface area contributed by atoms with Crippen molar-refractivity contribution >= 4 is 45.3 Å². The van der Waals surface area contributed by atoms with Gasteiger partial charge in [-0.2, -0.15) is 0 Å². The second-order valence-corrected chi connectivity index (χ2v) is 9.01. The van der Waals surface area contributed by atoms with Gasteiger partial charge in [-0.25, -0.2) is 9.78 Å². The van der Waals surface area contributed by atoms with Gasteiger partial charge < -0.3 is 5.32 Å². The second kappa shape index (κ2) is 7.12. The van der Waals surface area contributed by atoms with Crippen LogP contribution in [0.3, 0.4) is 0 Å². The predicted octanol–water partition coefficient (Wildman–Crippen LogP) is 2.17. The number of fused-ring (bicyclic) bond motifs is 3. The third-order valence-electron chi connectivity index (χ3n) is 4.85. The first kappa shape index (κ1) is 18.2. The summed E-state index contributed by atoms with van der Waals surface area (Å²) in [5, 5.41) is 3.32. The Bertz CT molecular complexity index is 1010. The monoisotopic (exact) mass is 404 g/mol. The van der Waals surface area contributed by atoms with Crippen LogP contribution >= 0.6 is 23.1 Å². The molecule has 1 atom stereocenters. The average molecular weight is 405 g/mol. The third kappa shape index (κ3) is 3.08. The van der Waals surface area contributed by atoms with E-state index in [9.17, 15) is 14.4 Å². The summed E-state index contributed by atoms with van der Waals surface area (Å²) in [5.74, 6) is -0.275. The first-order valence-electron chi connectivity index (χ1n) is 8.93. The number of aryl methyl sites for hydroxylation is 2. The maximum atomic E-state index is 13.1. The lowest BCUT2D eigenvalue weighted by atomic mass is 10.2. The molecule has 2 aliphatic rings. The van der Waals surface area contributed by atoms with Crippen LogP contribution in [0.25, 0.3) is 10.2 Å². The van der Waals surface area contributed by atoms with E-state index in [2.05, 4.69) is 11.9 Å². The molecule has 0 radical (unpaired) electrons. The summed E-state index contributed by atoms with van der Waals surface area (Å²) in [6.07, 6.45) is 4.66. The minimum absolute atomic E-state index is 0.0691. The molecular weight excluding hydrogens is 384 g/mol. The summed E-state index contributed by atoms with van der Waals surface area (Å²) in [7, 11) is 0. The van der Waals surface area contributed by atoms with Gasteiger partial charge in [-0.15, -0.1) is 17.9 Å². The molecule has 0 saturated carbocycles. The van der Waals surface area contributed by atoms with E-state index in [1.54, 1.807) is 28.9 Å². The fourth-order valence-corrected chi connectivity index (χ4v) is 5.83. The van der Waals surface area contributed by atoms with E-state index in [4.69, 9.17) is 4.98 Å². The van der Waals surface area contributed by atoms with E-state index in [1.807, 2.05) is 0 Å². The molecule has 0 aromatic carbocycles. The van der Waals surface area contributed by atoms with E-state index in [-0.39, 0.29) is 17.5 Å². The van der Waals surface area contributed by atoms with Crippen molar-refractivity contribution in [2.75, 3.05) is 13.1 Å². The van der Waals surface area contributed by atoms with Gasteiger partial charge in [0.2, 0.25) is 5.91 Å². The number of amides is 3. The number of imide groups is 1. The van der Waals surface area contributed by atoms with Gasteiger partial charge in [0.05, 0.1) is 10.6 Å². The summed E-state index contributed by atoms with van der Waals surface area (Å²) in [5.41, 5.74) is 1.07. The number of hydrogen-bond acceptors (Lipinski definition) is 6. The van der Waals surface area contributed by atoms with Crippen molar-refractivity contribution < 1.29 is 9.59 Å². The van der Waals surface area contributed by atoms with Gasteiger partial charge >= 0.3 is 6.03 Å². The highest BCUT2D eigenvalue weighted by Gasteiger charge is 2.31. The number of urea groups is 1. The largest absolute Gasteiger partial charge is 0.336 e. The summed E-state index contributed by atoms with van der Waals surface area (Å²) in [6.45, 7) is 6.65. The Balaban J connectivity index is 1.71. The number of carbonyl (C=O) groups is 2. The number of hydrogen-bond donors (Lipinski definition) is 1. The lowest BCUT2D eigenvalue weighted by molar-refractivity contribution is -0.126. The molecule has 1 fully saturated rings. The Morgan fingerprint density at radius 2 is 2.26 bits per heavy atom. The van der Waals surface area contributed by atoms with Gasteiger partial charge in [0.25, 0.3) is 5.56 Å². The van der Waals surface area contributed by atoms with Crippen molar-refractivity contribution in [1.29, 1.82) is 0 Å². The van der Waals surface area contributed by atoms with Crippen LogP contribution in [0.15, 0.2) is 22.6 Å². The van der Waals surface area contributed by atoms with Crippen LogP contribution in [0.4, 0.5) is 4.79 Å². The third-order valence-corrected chi connectivity index (χ3v) is 7.12. The molecule has 3 amide bonds. The predicted molar refractivity (Wildman–Crippen MR) is 107 cm³/mol. The van der Waals surface area contributed by atoms with Crippen LogP contribution in [0, 0.1) is 0 Å². The zero-order valence-corrected chi connectivity index (χ0v) is 16.6. The minimum Gasteiger partial charge on any atom is -0.336 e. The second-order valence-electron chi connectivity index (χ2n) is 6.62. The van der Waals surface area contributed by atoms with E-state index in [0.29, 0.717) is 24.8 Å². The number of rotatable bonds is 5. The maximum absolute atomic E-state index is 13.1. The smallest absolute Gasteiger partial charge is 0.324 e. The van der Waals surface area contributed by atoms with E-state index >= 15 is 0 Å². The van der Waals surface area contributed by atoms with Gasteiger partial charge in [0, 0.05) is 24.5 Å². The van der Waals surface area contributed by atoms with Crippen LogP contribution in [0.5, 0.6) is 0 Å². The van der Waals surface area contributed by atoms with Crippen molar-refractivity contribution in [3.63, 3.8) is 0 Å². The summed E-state index contributed by atoms with van der Waals surface area (Å²) in [6, 6.07) is -0.367. The molecule has 0 unspecified atom stereocenters. The van der Waals surface area contributed by atoms with Crippen molar-refractivity contribution in [3.05, 3.63) is 33.4 Å². The molecule has 1 aliphatic heterocycles. The van der Waals surface area contributed by atoms with Crippen molar-refractivity contribution in [2.45, 2.75) is 43.1 Å². The van der Waals surface area contributed by atoms with Crippen molar-refractivity contribution in [2.24, 2.45) is 0 Å². The van der Waals surface area contributed by atoms with Crippen molar-refractivity contribution in [3.8, 4) is 0 Å². The summed E-state index contributed by atoms with van der Waals surface area (Å²) in [4.78, 5) is 45.4. The molecule has 2 aromatic heterocycles. The minimum atomic E-state index is -0.527. The van der Waals surface area contributed by atoms with Crippen LogP contribution < -0.4 is 10.9 Å². The SMILES string of the molecule is C=CCn1c(S[C@H](C)C(=O)N2CCNC2=O)nc2sc3c(c2c1=O)CCC3. The number of nitrogens with zero attached hydrogens (tertiary/aromatic N) is 3. The fraction of sp³-hybridized carbons (Fsp3) is 0.444. The molecule has 4 rings (SSSR count). The number of carbonyl (C=O) groups excluding carboxylic acids is 2. The molecule has 7 nitrogen and oxygen atoms in total. The summed E-state index contributed by atoms with van der Waals surface area (Å²) >= 11 is 2.80. The fourth-order valence-electron chi connectivity index (χ4n) is 3.55. The average Bonchev–Trinajstić information content (AvgIpc) is 3.33. The van der Waals surface area contributed by atoms with E-state index < -0.39 is 5.25 Å². The number of aromatic nitrogens is 2. The molecular formula is C18H20N4O3S2. The normalized spacial score (nSPS) is 17.2. The van der Waals surface area contributed by atoms with Crippen LogP contribution in [0.2, 0.25) is 0 Å². The standard InChI is InChI=1S/C18H20N4O3S2/c1-3-8-22-16(24)13-11-5-4-6-12(11)27-14(13)20-18(22)26-10(2)15(23)21-9-7-19-17(21)25/h3,10H,1,4-9H2,2H3,(H,19,25)/t10-/m1/s1. The van der Waals surface area contributed by atoms with Gasteiger partial charge in [0.1, 0.15) is 4.83 Å². The van der Waals surface area contributed by atoms with Crippen molar-refractivity contribution in [1.82, 2.24) is 19.8 Å². The number of nitrogens with one attached hydrogen (secondary N) is 1. The number of thioether (sulfide) groups is 1. The Labute approximate surface area is 164 Å². The van der Waals surface area contributed by atoms with Crippen LogP contribution in [0.1, 0.15) is 23.8 Å². The number of thiophene rings is 1. The highest BCUT2D eigenvalue weighted by molar-refractivity contribution is 8.00. The Morgan fingerprint density at radius 3 is 2.96 bits per heavy atom. The highest BCUT2D eigenvalue weighted by Crippen LogP contribution is 2.36. The molecule has 1 saturated heterocycles. The molecule has 1 aliphatic carbocycles. The zero-order valence-electron chi connectivity index (χ0n) is 15.0. The quantitative estimate of drug-likeness (QED) is 0.469. The Morgan fingerprint density at radius 1 is 1.44 bits per heavy atom. The van der Waals surface area contributed by atoms with E-state index in [0.717, 1.165) is 35.0 Å². The highest BCUT2D eigenvalue weighted by atomic mass is 32.2. The maximum Gasteiger partial charge on any atom is 0.324 e. The molecule has 0 bridgehead atoms. The molecule has 1 N–H and O–H groups in total. The topological polar surface area (TPSA) is 84.3 Å². The molecule has 27 heavy (non-hydrogen) atoms. The van der Waals surface area contributed by atoms with Crippen LogP contribution in [-0.4, -0.2) is 44.7 Å². The first-order chi connectivity index (χ1) is 13.0. The van der Waals surface area contributed by atoms with Gasteiger partial charge in [-0.05, 0) is 31.7 Å². The Hall–Kier alpha value is -2.13. The van der Waals surface area contributed by atoms with Crippen LogP contribution in [-0.2, 0) is 24.2 Å². The Kier molecular flexibility index (Phi) is 4.81. The van der Waals surface area contributed by atoms with Gasteiger partial charge in [-0.1, -0.05) is 17.8 Å². The molecule has 9 heteroatoms. The molecule has 142 valence electrons. The molecule has 3 heterocycles. The molecule has 2 aromatic rings. The van der Waals surface area contributed by atoms with E-state index in [1.165, 1.54) is 21.5 Å². The first-order valence-corrected chi connectivity index (χ1v) is 10.6. The summed E-state index contributed by atoms with van der Waals surface area (Å²) < 4.78 is 1.58. The molecule has 0 spiro atoms. The lowest BCUT2D eigenvalue weighted by Gasteiger charge is -2.18. The zero-order chi connectivity index (χ0) is 19.1. The van der Waals surface area contributed by atoms with Gasteiger partial charge in [0.15, 0.2) is 5.16 Å².